The molecule has 0 unspecified atom stereocenters. The summed E-state index contributed by atoms with van der Waals surface area (Å²) in [7, 11) is 0. The molecule has 1 amide bonds. The van der Waals surface area contributed by atoms with Gasteiger partial charge in [-0.1, -0.05) is 48.1 Å². The number of amides is 1. The number of nitro groups is 1. The molecule has 0 aliphatic carbocycles. The molecule has 0 saturated carbocycles. The summed E-state index contributed by atoms with van der Waals surface area (Å²) >= 11 is 12.4. The highest BCUT2D eigenvalue weighted by Crippen LogP contribution is 2.35. The van der Waals surface area contributed by atoms with Gasteiger partial charge < -0.3 is 4.42 Å². The molecule has 150 valence electrons. The SMILES string of the molecule is O=C1S/C(=C\c2ccc(-c3cccc([N+](=O)[O-])c3)o2)C(=S)N1Cc1ccc(Cl)cc1. The van der Waals surface area contributed by atoms with E-state index in [1.807, 2.05) is 12.1 Å². The monoisotopic (exact) mass is 456 g/mol. The first-order valence-electron chi connectivity index (χ1n) is 8.75. The molecule has 1 fully saturated rings. The van der Waals surface area contributed by atoms with E-state index in [1.54, 1.807) is 42.5 Å². The van der Waals surface area contributed by atoms with Crippen LogP contribution in [0.5, 0.6) is 0 Å². The third kappa shape index (κ3) is 4.30. The molecule has 1 aliphatic heterocycles. The lowest BCUT2D eigenvalue weighted by Crippen LogP contribution is -2.26. The van der Waals surface area contributed by atoms with Crippen LogP contribution in [-0.4, -0.2) is 20.1 Å². The van der Waals surface area contributed by atoms with Crippen molar-refractivity contribution in [3.05, 3.63) is 92.0 Å². The van der Waals surface area contributed by atoms with Crippen molar-refractivity contribution in [2.45, 2.75) is 6.54 Å². The molecule has 0 N–H and O–H groups in total. The van der Waals surface area contributed by atoms with E-state index >= 15 is 0 Å². The molecule has 9 heteroatoms. The number of non-ortho nitro benzene ring substituents is 1. The number of rotatable bonds is 5. The lowest BCUT2D eigenvalue weighted by molar-refractivity contribution is -0.384. The summed E-state index contributed by atoms with van der Waals surface area (Å²) in [6, 6.07) is 16.9. The highest BCUT2D eigenvalue weighted by Gasteiger charge is 2.32. The fraction of sp³-hybridized carbons (Fsp3) is 0.0476. The van der Waals surface area contributed by atoms with Gasteiger partial charge in [0, 0.05) is 22.7 Å². The summed E-state index contributed by atoms with van der Waals surface area (Å²) in [5.41, 5.74) is 1.50. The van der Waals surface area contributed by atoms with Crippen LogP contribution in [0.3, 0.4) is 0 Å². The second-order valence-corrected chi connectivity index (χ2v) is 8.22. The van der Waals surface area contributed by atoms with E-state index in [-0.39, 0.29) is 10.9 Å². The van der Waals surface area contributed by atoms with Crippen molar-refractivity contribution < 1.29 is 14.1 Å². The zero-order chi connectivity index (χ0) is 21.3. The van der Waals surface area contributed by atoms with E-state index in [0.29, 0.717) is 38.5 Å². The molecule has 1 aromatic heterocycles. The maximum Gasteiger partial charge on any atom is 0.291 e. The molecule has 1 saturated heterocycles. The van der Waals surface area contributed by atoms with E-state index in [0.717, 1.165) is 17.3 Å². The number of hydrogen-bond acceptors (Lipinski definition) is 6. The lowest BCUT2D eigenvalue weighted by Gasteiger charge is -2.14. The van der Waals surface area contributed by atoms with E-state index in [9.17, 15) is 14.9 Å². The quantitative estimate of drug-likeness (QED) is 0.187. The maximum atomic E-state index is 12.4. The number of carbonyl (C=O) groups is 1. The van der Waals surface area contributed by atoms with Crippen molar-refractivity contribution in [2.75, 3.05) is 0 Å². The van der Waals surface area contributed by atoms with Crippen LogP contribution in [0.2, 0.25) is 5.02 Å². The van der Waals surface area contributed by atoms with Crippen molar-refractivity contribution in [3.63, 3.8) is 0 Å². The number of carbonyl (C=O) groups excluding carboxylic acids is 1. The van der Waals surface area contributed by atoms with Gasteiger partial charge in [-0.05, 0) is 47.7 Å². The van der Waals surface area contributed by atoms with Gasteiger partial charge in [0.15, 0.2) is 0 Å². The van der Waals surface area contributed by atoms with Crippen molar-refractivity contribution in [3.8, 4) is 11.3 Å². The van der Waals surface area contributed by atoms with Crippen LogP contribution in [-0.2, 0) is 6.54 Å². The zero-order valence-corrected chi connectivity index (χ0v) is 17.7. The summed E-state index contributed by atoms with van der Waals surface area (Å²) < 4.78 is 5.80. The summed E-state index contributed by atoms with van der Waals surface area (Å²) in [6.07, 6.45) is 1.70. The molecule has 30 heavy (non-hydrogen) atoms. The van der Waals surface area contributed by atoms with E-state index in [1.165, 1.54) is 17.0 Å². The van der Waals surface area contributed by atoms with Gasteiger partial charge in [0.2, 0.25) is 0 Å². The molecule has 2 heterocycles. The molecule has 0 bridgehead atoms. The molecule has 0 atom stereocenters. The molecule has 3 aromatic rings. The number of furan rings is 1. The minimum Gasteiger partial charge on any atom is -0.457 e. The highest BCUT2D eigenvalue weighted by atomic mass is 35.5. The van der Waals surface area contributed by atoms with Crippen molar-refractivity contribution in [1.82, 2.24) is 4.90 Å². The molecule has 2 aromatic carbocycles. The van der Waals surface area contributed by atoms with Gasteiger partial charge in [-0.15, -0.1) is 0 Å². The first-order chi connectivity index (χ1) is 14.4. The number of benzene rings is 2. The number of thioether (sulfide) groups is 1. The first-order valence-corrected chi connectivity index (χ1v) is 10.4. The summed E-state index contributed by atoms with van der Waals surface area (Å²) in [6.45, 7) is 0.357. The van der Waals surface area contributed by atoms with Gasteiger partial charge in [-0.25, -0.2) is 0 Å². The Morgan fingerprint density at radius 3 is 2.67 bits per heavy atom. The molecule has 0 radical (unpaired) electrons. The standard InChI is InChI=1S/C21H13ClN2O4S2/c22-15-6-4-13(5-7-15)12-23-20(29)19(30-21(23)25)11-17-8-9-18(28-17)14-2-1-3-16(10-14)24(26)27/h1-11H,12H2/b19-11-. The highest BCUT2D eigenvalue weighted by molar-refractivity contribution is 8.19. The topological polar surface area (TPSA) is 76.6 Å². The van der Waals surface area contributed by atoms with Crippen LogP contribution >= 0.6 is 35.6 Å². The Morgan fingerprint density at radius 1 is 1.17 bits per heavy atom. The van der Waals surface area contributed by atoms with Gasteiger partial charge in [0.25, 0.3) is 10.9 Å². The average Bonchev–Trinajstić information content (AvgIpc) is 3.30. The van der Waals surface area contributed by atoms with Crippen molar-refractivity contribution >= 4 is 57.6 Å². The Bertz CT molecular complexity index is 1190. The number of nitro benzene ring substituents is 1. The van der Waals surface area contributed by atoms with Gasteiger partial charge in [0.05, 0.1) is 16.4 Å². The maximum absolute atomic E-state index is 12.4. The number of hydrogen-bond donors (Lipinski definition) is 0. The number of nitrogens with zero attached hydrogens (tertiary/aromatic N) is 2. The molecular weight excluding hydrogens is 444 g/mol. The Balaban J connectivity index is 1.53. The smallest absolute Gasteiger partial charge is 0.291 e. The average molecular weight is 457 g/mol. The first kappa shape index (κ1) is 20.3. The van der Waals surface area contributed by atoms with Gasteiger partial charge >= 0.3 is 0 Å². The Labute approximate surface area is 186 Å². The van der Waals surface area contributed by atoms with Gasteiger partial charge in [-0.3, -0.25) is 19.8 Å². The van der Waals surface area contributed by atoms with Crippen molar-refractivity contribution in [1.29, 1.82) is 0 Å². The third-order valence-corrected chi connectivity index (χ3v) is 6.12. The number of thiocarbonyl (C=S) groups is 1. The Kier molecular flexibility index (Phi) is 5.72. The van der Waals surface area contributed by atoms with E-state index in [4.69, 9.17) is 28.2 Å². The second-order valence-electron chi connectivity index (χ2n) is 6.40. The minimum atomic E-state index is -0.455. The van der Waals surface area contributed by atoms with Crippen LogP contribution in [0.25, 0.3) is 17.4 Å². The normalized spacial score (nSPS) is 15.2. The predicted molar refractivity (Wildman–Crippen MR) is 121 cm³/mol. The molecule has 4 rings (SSSR count). The lowest BCUT2D eigenvalue weighted by atomic mass is 10.1. The Hall–Kier alpha value is -2.94. The van der Waals surface area contributed by atoms with E-state index < -0.39 is 4.92 Å². The molecule has 6 nitrogen and oxygen atoms in total. The zero-order valence-electron chi connectivity index (χ0n) is 15.3. The van der Waals surface area contributed by atoms with E-state index in [2.05, 4.69) is 0 Å². The largest absolute Gasteiger partial charge is 0.457 e. The summed E-state index contributed by atoms with van der Waals surface area (Å²) in [5, 5.41) is 11.4. The van der Waals surface area contributed by atoms with Crippen LogP contribution in [0.1, 0.15) is 11.3 Å². The molecular formula is C21H13ClN2O4S2. The molecule has 1 aliphatic rings. The minimum absolute atomic E-state index is 0.0141. The Morgan fingerprint density at radius 2 is 1.93 bits per heavy atom. The van der Waals surface area contributed by atoms with Crippen LogP contribution in [0.4, 0.5) is 10.5 Å². The van der Waals surface area contributed by atoms with Crippen LogP contribution < -0.4 is 0 Å². The second kappa shape index (κ2) is 8.43. The van der Waals surface area contributed by atoms with Crippen LogP contribution in [0.15, 0.2) is 70.0 Å². The van der Waals surface area contributed by atoms with Crippen LogP contribution in [0, 0.1) is 10.1 Å². The predicted octanol–water partition coefficient (Wildman–Crippen LogP) is 6.55. The number of halogens is 1. The summed E-state index contributed by atoms with van der Waals surface area (Å²) in [4.78, 5) is 25.5. The van der Waals surface area contributed by atoms with Crippen molar-refractivity contribution in [2.24, 2.45) is 0 Å². The summed E-state index contributed by atoms with van der Waals surface area (Å²) in [5.74, 6) is 0.992. The van der Waals surface area contributed by atoms with Gasteiger partial charge in [0.1, 0.15) is 16.5 Å². The third-order valence-electron chi connectivity index (χ3n) is 4.37. The van der Waals surface area contributed by atoms with Gasteiger partial charge in [-0.2, -0.15) is 0 Å². The molecule has 0 spiro atoms. The fourth-order valence-electron chi connectivity index (χ4n) is 2.90. The fourth-order valence-corrected chi connectivity index (χ4v) is 4.24.